The molecule has 1 saturated heterocycles. The zero-order valence-electron chi connectivity index (χ0n) is 14.2. The Morgan fingerprint density at radius 2 is 1.96 bits per heavy atom. The highest BCUT2D eigenvalue weighted by atomic mass is 16.6. The Morgan fingerprint density at radius 1 is 1.30 bits per heavy atom. The van der Waals surface area contributed by atoms with E-state index in [0.717, 1.165) is 12.8 Å². The number of nitrogens with zero attached hydrogens (tertiary/aromatic N) is 1. The monoisotopic (exact) mass is 328 g/mol. The minimum absolute atomic E-state index is 0.0857. The highest BCUT2D eigenvalue weighted by molar-refractivity contribution is 5.83. The van der Waals surface area contributed by atoms with E-state index in [0.29, 0.717) is 12.3 Å². The quantitative estimate of drug-likeness (QED) is 0.755. The van der Waals surface area contributed by atoms with Crippen molar-refractivity contribution >= 4 is 12.0 Å². The van der Waals surface area contributed by atoms with Crippen molar-refractivity contribution < 1.29 is 24.2 Å². The first-order chi connectivity index (χ1) is 10.9. The summed E-state index contributed by atoms with van der Waals surface area (Å²) >= 11 is 0. The summed E-state index contributed by atoms with van der Waals surface area (Å²) < 4.78 is 10.7. The third-order valence-electron chi connectivity index (χ3n) is 4.83. The molecule has 2 amide bonds. The summed E-state index contributed by atoms with van der Waals surface area (Å²) in [5.41, 5.74) is -1.01. The van der Waals surface area contributed by atoms with Gasteiger partial charge in [0.2, 0.25) is 0 Å². The van der Waals surface area contributed by atoms with E-state index in [1.165, 1.54) is 31.3 Å². The van der Waals surface area contributed by atoms with Gasteiger partial charge in [-0.05, 0) is 26.2 Å². The van der Waals surface area contributed by atoms with Crippen molar-refractivity contribution in [3.8, 4) is 0 Å². The van der Waals surface area contributed by atoms with Gasteiger partial charge in [-0.2, -0.15) is 0 Å². The van der Waals surface area contributed by atoms with E-state index in [9.17, 15) is 14.7 Å². The summed E-state index contributed by atoms with van der Waals surface area (Å²) in [4.78, 5) is 25.4. The number of rotatable bonds is 5. The van der Waals surface area contributed by atoms with Crippen LogP contribution in [-0.4, -0.2) is 53.7 Å². The molecule has 2 atom stereocenters. The molecular weight excluding hydrogens is 300 g/mol. The molecule has 1 unspecified atom stereocenters. The minimum Gasteiger partial charge on any atom is -0.465 e. The van der Waals surface area contributed by atoms with E-state index in [1.807, 2.05) is 0 Å². The molecular formula is C16H28N2O5. The fourth-order valence-electron chi connectivity index (χ4n) is 3.82. The van der Waals surface area contributed by atoms with Crippen LogP contribution in [0.3, 0.4) is 0 Å². The normalized spacial score (nSPS) is 27.9. The molecule has 132 valence electrons. The predicted octanol–water partition coefficient (Wildman–Crippen LogP) is 2.16. The van der Waals surface area contributed by atoms with Crippen molar-refractivity contribution in [1.82, 2.24) is 10.2 Å². The van der Waals surface area contributed by atoms with Gasteiger partial charge < -0.3 is 19.9 Å². The number of carbonyl (C=O) groups is 2. The summed E-state index contributed by atoms with van der Waals surface area (Å²) in [5.74, 6) is 0.135. The van der Waals surface area contributed by atoms with Gasteiger partial charge in [0.05, 0.1) is 6.04 Å². The van der Waals surface area contributed by atoms with Crippen LogP contribution in [0.5, 0.6) is 0 Å². The molecule has 0 aromatic rings. The Kier molecular flexibility index (Phi) is 5.86. The van der Waals surface area contributed by atoms with Crippen LogP contribution in [-0.2, 0) is 14.3 Å². The second-order valence-corrected chi connectivity index (χ2v) is 6.92. The Labute approximate surface area is 137 Å². The molecule has 0 aromatic carbocycles. The Morgan fingerprint density at radius 3 is 2.52 bits per heavy atom. The molecule has 0 aromatic heterocycles. The number of hydrogen-bond acceptors (Lipinski definition) is 4. The van der Waals surface area contributed by atoms with Crippen molar-refractivity contribution in [3.05, 3.63) is 0 Å². The number of carboxylic acid groups (broad SMARTS) is 1. The minimum atomic E-state index is -1.04. The smallest absolute Gasteiger partial charge is 0.409 e. The molecule has 2 fully saturated rings. The van der Waals surface area contributed by atoms with E-state index < -0.39 is 24.0 Å². The highest BCUT2D eigenvalue weighted by Crippen LogP contribution is 2.38. The SMILES string of the molecule is COCNC(=O)C1OC(C)(C)N(C(=O)O)[C@H]1CC1CCCCC1. The van der Waals surface area contributed by atoms with Gasteiger partial charge >= 0.3 is 6.09 Å². The molecule has 23 heavy (non-hydrogen) atoms. The zero-order chi connectivity index (χ0) is 17.0. The lowest BCUT2D eigenvalue weighted by Gasteiger charge is -2.33. The van der Waals surface area contributed by atoms with Crippen LogP contribution in [0.1, 0.15) is 52.4 Å². The van der Waals surface area contributed by atoms with Gasteiger partial charge in [-0.1, -0.05) is 32.1 Å². The van der Waals surface area contributed by atoms with Gasteiger partial charge in [0.1, 0.15) is 12.5 Å². The number of amides is 2. The van der Waals surface area contributed by atoms with Crippen LogP contribution in [0.2, 0.25) is 0 Å². The van der Waals surface area contributed by atoms with Crippen LogP contribution in [0.4, 0.5) is 4.79 Å². The van der Waals surface area contributed by atoms with E-state index in [1.54, 1.807) is 13.8 Å². The van der Waals surface area contributed by atoms with E-state index in [-0.39, 0.29) is 12.6 Å². The van der Waals surface area contributed by atoms with Crippen molar-refractivity contribution in [3.63, 3.8) is 0 Å². The number of carbonyl (C=O) groups excluding carboxylic acids is 1. The second kappa shape index (κ2) is 7.49. The summed E-state index contributed by atoms with van der Waals surface area (Å²) in [5, 5.41) is 12.2. The fraction of sp³-hybridized carbons (Fsp3) is 0.875. The highest BCUT2D eigenvalue weighted by Gasteiger charge is 2.53. The molecule has 2 aliphatic rings. The molecule has 7 heteroatoms. The van der Waals surface area contributed by atoms with Gasteiger partial charge in [-0.3, -0.25) is 9.69 Å². The van der Waals surface area contributed by atoms with Gasteiger partial charge in [-0.25, -0.2) is 4.79 Å². The van der Waals surface area contributed by atoms with Crippen molar-refractivity contribution in [2.24, 2.45) is 5.92 Å². The first-order valence-electron chi connectivity index (χ1n) is 8.33. The molecule has 1 saturated carbocycles. The third-order valence-corrected chi connectivity index (χ3v) is 4.83. The average Bonchev–Trinajstić information content (AvgIpc) is 2.76. The summed E-state index contributed by atoms with van der Waals surface area (Å²) in [6, 6.07) is -0.456. The summed E-state index contributed by atoms with van der Waals surface area (Å²) in [6.07, 6.45) is 4.61. The number of hydrogen-bond donors (Lipinski definition) is 2. The number of nitrogens with one attached hydrogen (secondary N) is 1. The van der Waals surface area contributed by atoms with E-state index in [2.05, 4.69) is 5.32 Å². The molecule has 0 radical (unpaired) electrons. The maximum Gasteiger partial charge on any atom is 0.409 e. The van der Waals surface area contributed by atoms with Crippen molar-refractivity contribution in [2.45, 2.75) is 70.2 Å². The van der Waals surface area contributed by atoms with Gasteiger partial charge in [-0.15, -0.1) is 0 Å². The van der Waals surface area contributed by atoms with Crippen molar-refractivity contribution in [2.75, 3.05) is 13.8 Å². The van der Waals surface area contributed by atoms with E-state index >= 15 is 0 Å². The maximum absolute atomic E-state index is 12.4. The summed E-state index contributed by atoms with van der Waals surface area (Å²) in [7, 11) is 1.49. The zero-order valence-corrected chi connectivity index (χ0v) is 14.2. The molecule has 1 heterocycles. The van der Waals surface area contributed by atoms with E-state index in [4.69, 9.17) is 9.47 Å². The van der Waals surface area contributed by atoms with Crippen LogP contribution < -0.4 is 5.32 Å². The van der Waals surface area contributed by atoms with Crippen LogP contribution in [0.15, 0.2) is 0 Å². The predicted molar refractivity (Wildman–Crippen MR) is 83.8 cm³/mol. The lowest BCUT2D eigenvalue weighted by molar-refractivity contribution is -0.139. The van der Waals surface area contributed by atoms with Crippen molar-refractivity contribution in [1.29, 1.82) is 0 Å². The third kappa shape index (κ3) is 4.14. The molecule has 2 N–H and O–H groups in total. The average molecular weight is 328 g/mol. The Hall–Kier alpha value is -1.34. The van der Waals surface area contributed by atoms with Gasteiger partial charge in [0, 0.05) is 7.11 Å². The van der Waals surface area contributed by atoms with Gasteiger partial charge in [0.25, 0.3) is 5.91 Å². The molecule has 0 spiro atoms. The molecule has 1 aliphatic heterocycles. The Bertz CT molecular complexity index is 434. The molecule has 1 aliphatic carbocycles. The van der Waals surface area contributed by atoms with Crippen LogP contribution in [0.25, 0.3) is 0 Å². The molecule has 0 bridgehead atoms. The molecule has 2 rings (SSSR count). The largest absolute Gasteiger partial charge is 0.465 e. The lowest BCUT2D eigenvalue weighted by Crippen LogP contribution is -2.50. The number of ether oxygens (including phenoxy) is 2. The first-order valence-corrected chi connectivity index (χ1v) is 8.33. The first kappa shape index (κ1) is 18.0. The Balaban J connectivity index is 2.16. The van der Waals surface area contributed by atoms with Crippen LogP contribution in [0, 0.1) is 5.92 Å². The maximum atomic E-state index is 12.4. The fourth-order valence-corrected chi connectivity index (χ4v) is 3.82. The molecule has 7 nitrogen and oxygen atoms in total. The topological polar surface area (TPSA) is 88.1 Å². The van der Waals surface area contributed by atoms with Crippen LogP contribution >= 0.6 is 0 Å². The standard InChI is InChI=1S/C16H28N2O5/c1-16(2)18(15(20)21)12(9-11-7-5-4-6-8-11)13(23-16)14(19)17-10-22-3/h11-13H,4-10H2,1-3H3,(H,17,19)(H,20,21)/t12-,13?/m0/s1. The van der Waals surface area contributed by atoms with Gasteiger partial charge in [0.15, 0.2) is 6.10 Å². The second-order valence-electron chi connectivity index (χ2n) is 6.92. The number of methoxy groups -OCH3 is 1. The lowest BCUT2D eigenvalue weighted by atomic mass is 9.83. The summed E-state index contributed by atoms with van der Waals surface area (Å²) in [6.45, 7) is 3.47.